The van der Waals surface area contributed by atoms with Gasteiger partial charge in [0, 0.05) is 0 Å². The van der Waals surface area contributed by atoms with E-state index in [4.69, 9.17) is 17.2 Å². The van der Waals surface area contributed by atoms with Crippen molar-refractivity contribution in [3.05, 3.63) is 59.7 Å². The molecule has 0 radical (unpaired) electrons. The zero-order chi connectivity index (χ0) is 32.4. The van der Waals surface area contributed by atoms with E-state index in [1.54, 1.807) is 24.3 Å². The van der Waals surface area contributed by atoms with Crippen LogP contribution in [0.1, 0.15) is 52.7 Å². The Morgan fingerprint density at radius 3 is 1.07 bits per heavy atom. The predicted octanol–water partition coefficient (Wildman–Crippen LogP) is 7.20. The van der Waals surface area contributed by atoms with Crippen molar-refractivity contribution in [3.8, 4) is 0 Å². The summed E-state index contributed by atoms with van der Waals surface area (Å²) in [5, 5.41) is -0.370. The van der Waals surface area contributed by atoms with E-state index in [1.165, 1.54) is 24.3 Å². The van der Waals surface area contributed by atoms with Gasteiger partial charge in [-0.05, 0) is 74.4 Å². The van der Waals surface area contributed by atoms with Gasteiger partial charge in [-0.25, -0.2) is 0 Å². The molecule has 0 aliphatic rings. The largest absolute Gasteiger partial charge is 0.414 e. The summed E-state index contributed by atoms with van der Waals surface area (Å²) in [5.41, 5.74) is 1.78. The molecule has 0 N–H and O–H groups in total. The van der Waals surface area contributed by atoms with Gasteiger partial charge in [0.05, 0.1) is 23.0 Å². The first-order valence-corrected chi connectivity index (χ1v) is 22.8. The minimum atomic E-state index is -4.32. The summed E-state index contributed by atoms with van der Waals surface area (Å²) in [6, 6.07) is 12.5. The molecule has 0 aliphatic heterocycles. The van der Waals surface area contributed by atoms with Crippen LogP contribution in [0.3, 0.4) is 0 Å². The molecule has 12 heteroatoms. The van der Waals surface area contributed by atoms with Crippen molar-refractivity contribution in [1.29, 1.82) is 0 Å². The molecule has 0 fully saturated rings. The van der Waals surface area contributed by atoms with Gasteiger partial charge in [-0.2, -0.15) is 16.8 Å². The van der Waals surface area contributed by atoms with Gasteiger partial charge in [0.25, 0.3) is 20.2 Å². The fourth-order valence-electron chi connectivity index (χ4n) is 3.25. The van der Waals surface area contributed by atoms with E-state index in [2.05, 4.69) is 41.5 Å². The van der Waals surface area contributed by atoms with Crippen molar-refractivity contribution < 1.29 is 34.1 Å². The highest BCUT2D eigenvalue weighted by molar-refractivity contribution is 7.87. The molecule has 0 spiro atoms. The molecule has 2 atom stereocenters. The normalized spacial score (nSPS) is 15.4. The van der Waals surface area contributed by atoms with Crippen molar-refractivity contribution in [3.63, 3.8) is 0 Å². The fourth-order valence-corrected chi connectivity index (χ4v) is 7.45. The van der Waals surface area contributed by atoms with Gasteiger partial charge < -0.3 is 8.85 Å². The molecular formula is C30H50O8S2Si2. The van der Waals surface area contributed by atoms with Gasteiger partial charge in [-0.3, -0.25) is 8.37 Å². The van der Waals surface area contributed by atoms with Crippen molar-refractivity contribution in [2.24, 2.45) is 0 Å². The third-order valence-electron chi connectivity index (χ3n) is 8.36. The first-order valence-electron chi connectivity index (χ1n) is 14.2. The van der Waals surface area contributed by atoms with Gasteiger partial charge in [-0.1, -0.05) is 76.9 Å². The Kier molecular flexibility index (Phi) is 11.7. The van der Waals surface area contributed by atoms with E-state index in [1.807, 2.05) is 40.0 Å². The lowest BCUT2D eigenvalue weighted by atomic mass is 10.2. The molecule has 0 bridgehead atoms. The van der Waals surface area contributed by atoms with Crippen LogP contribution in [0.5, 0.6) is 0 Å². The van der Waals surface area contributed by atoms with E-state index < -0.39 is 49.1 Å². The summed E-state index contributed by atoms with van der Waals surface area (Å²) in [5.74, 6) is 0. The average Bonchev–Trinajstić information content (AvgIpc) is 2.83. The lowest BCUT2D eigenvalue weighted by Crippen LogP contribution is -2.49. The molecule has 8 nitrogen and oxygen atoms in total. The van der Waals surface area contributed by atoms with E-state index in [0.29, 0.717) is 0 Å². The van der Waals surface area contributed by atoms with Crippen LogP contribution in [-0.4, -0.2) is 58.9 Å². The Labute approximate surface area is 256 Å². The zero-order valence-electron chi connectivity index (χ0n) is 27.3. The third-order valence-corrected chi connectivity index (χ3v) is 20.1. The molecule has 0 saturated carbocycles. The molecule has 2 aromatic rings. The quantitative estimate of drug-likeness (QED) is 0.164. The topological polar surface area (TPSA) is 105 Å². The predicted molar refractivity (Wildman–Crippen MR) is 173 cm³/mol. The summed E-state index contributed by atoms with van der Waals surface area (Å²) < 4.78 is 78.4. The second-order valence-corrected chi connectivity index (χ2v) is 26.7. The van der Waals surface area contributed by atoms with E-state index in [-0.39, 0.29) is 33.1 Å². The third kappa shape index (κ3) is 9.81. The van der Waals surface area contributed by atoms with Crippen molar-refractivity contribution in [1.82, 2.24) is 0 Å². The number of rotatable bonds is 13. The number of hydrogen-bond donors (Lipinski definition) is 0. The van der Waals surface area contributed by atoms with Gasteiger partial charge in [0.15, 0.2) is 16.6 Å². The van der Waals surface area contributed by atoms with Crippen LogP contribution in [0.2, 0.25) is 36.3 Å². The second-order valence-electron chi connectivity index (χ2n) is 13.9. The van der Waals surface area contributed by atoms with Gasteiger partial charge in [-0.15, -0.1) is 0 Å². The van der Waals surface area contributed by atoms with Crippen molar-refractivity contribution >= 4 is 36.9 Å². The maximum absolute atomic E-state index is 13.5. The summed E-state index contributed by atoms with van der Waals surface area (Å²) >= 11 is 0. The van der Waals surface area contributed by atoms with Crippen LogP contribution in [0.15, 0.2) is 58.3 Å². The first-order chi connectivity index (χ1) is 18.9. The second kappa shape index (κ2) is 13.3. The van der Waals surface area contributed by atoms with Crippen LogP contribution in [-0.2, 0) is 37.5 Å². The fraction of sp³-hybridized carbons (Fsp3) is 0.600. The summed E-state index contributed by atoms with van der Waals surface area (Å²) in [7, 11) is -13.4. The standard InChI is InChI=1S/C30H50O8S2Si2/c1-23-13-17-25(18-14-23)39(31,32)37-27(21-35-41(9,10)29(3,4)5)28(22-36-42(11,12)30(6,7)8)38-40(33,34)26-19-15-24(2)16-20-26/h13-20,27-28H,21-22H2,1-12H3/t27-,28-/m0/s1. The highest BCUT2D eigenvalue weighted by Gasteiger charge is 2.43. The molecule has 0 heterocycles. The first kappa shape index (κ1) is 36.8. The average molecular weight is 659 g/mol. The van der Waals surface area contributed by atoms with Crippen LogP contribution in [0.4, 0.5) is 0 Å². The molecule has 2 rings (SSSR count). The Hall–Kier alpha value is -1.39. The summed E-state index contributed by atoms with van der Waals surface area (Å²) in [6.07, 6.45) is -2.62. The highest BCUT2D eigenvalue weighted by Crippen LogP contribution is 2.38. The van der Waals surface area contributed by atoms with Gasteiger partial charge in [0.1, 0.15) is 12.2 Å². The van der Waals surface area contributed by atoms with E-state index >= 15 is 0 Å². The number of aryl methyl sites for hydroxylation is 2. The Balaban J connectivity index is 2.60. The van der Waals surface area contributed by atoms with Gasteiger partial charge in [0.2, 0.25) is 0 Å². The SMILES string of the molecule is Cc1ccc(S(=O)(=O)O[C@@H](CO[Si](C)(C)C(C)(C)C)[C@H](CO[Si](C)(C)C(C)(C)C)OS(=O)(=O)c2ccc(C)cc2)cc1. The minimum Gasteiger partial charge on any atom is -0.414 e. The van der Waals surface area contributed by atoms with Crippen LogP contribution in [0, 0.1) is 13.8 Å². The molecular weight excluding hydrogens is 609 g/mol. The van der Waals surface area contributed by atoms with Gasteiger partial charge >= 0.3 is 0 Å². The molecule has 0 unspecified atom stereocenters. The van der Waals surface area contributed by atoms with E-state index in [9.17, 15) is 16.8 Å². The monoisotopic (exact) mass is 658 g/mol. The summed E-state index contributed by atoms with van der Waals surface area (Å²) in [4.78, 5) is -0.0910. The lowest BCUT2D eigenvalue weighted by molar-refractivity contribution is 0.000119. The smallest absolute Gasteiger partial charge is 0.297 e. The molecule has 238 valence electrons. The maximum Gasteiger partial charge on any atom is 0.297 e. The molecule has 0 amide bonds. The molecule has 0 saturated heterocycles. The highest BCUT2D eigenvalue weighted by atomic mass is 32.2. The Morgan fingerprint density at radius 1 is 0.571 bits per heavy atom. The van der Waals surface area contributed by atoms with Crippen LogP contribution >= 0.6 is 0 Å². The molecule has 42 heavy (non-hydrogen) atoms. The lowest BCUT2D eigenvalue weighted by Gasteiger charge is -2.39. The van der Waals surface area contributed by atoms with Crippen LogP contribution < -0.4 is 0 Å². The molecule has 2 aromatic carbocycles. The number of benzene rings is 2. The summed E-state index contributed by atoms with van der Waals surface area (Å²) in [6.45, 7) is 23.8. The zero-order valence-corrected chi connectivity index (χ0v) is 30.9. The van der Waals surface area contributed by atoms with Crippen molar-refractivity contribution in [2.45, 2.75) is 114 Å². The van der Waals surface area contributed by atoms with Crippen molar-refractivity contribution in [2.75, 3.05) is 13.2 Å². The minimum absolute atomic E-state index is 0.0455. The Morgan fingerprint density at radius 2 is 0.833 bits per heavy atom. The molecule has 0 aliphatic carbocycles. The molecule has 0 aromatic heterocycles. The number of hydrogen-bond acceptors (Lipinski definition) is 8. The Bertz CT molecular complexity index is 1280. The van der Waals surface area contributed by atoms with Crippen LogP contribution in [0.25, 0.3) is 0 Å². The van der Waals surface area contributed by atoms with E-state index in [0.717, 1.165) is 11.1 Å². The maximum atomic E-state index is 13.5.